The molecule has 29 heavy (non-hydrogen) atoms. The monoisotopic (exact) mass is 392 g/mol. The van der Waals surface area contributed by atoms with E-state index >= 15 is 0 Å². The molecule has 1 fully saturated rings. The standard InChI is InChI=1S/C22H24N4O3/c1-14(2)12-26-13-15(10-21(26)27)22(28)25-16-6-7-20(24-11-16)29-19-5-3-4-18-17(19)8-9-23-18/h3-9,11,14-15,23H,10,12-13H2,1-2H3,(H,25,28)/t15-/m0/s1. The average molecular weight is 392 g/mol. The quantitative estimate of drug-likeness (QED) is 0.668. The number of hydrogen-bond donors (Lipinski definition) is 2. The summed E-state index contributed by atoms with van der Waals surface area (Å²) in [6.07, 6.45) is 3.68. The van der Waals surface area contributed by atoms with Gasteiger partial charge in [-0.15, -0.1) is 0 Å². The number of amides is 2. The third-order valence-corrected chi connectivity index (χ3v) is 4.94. The van der Waals surface area contributed by atoms with Gasteiger partial charge >= 0.3 is 0 Å². The first kappa shape index (κ1) is 19.0. The molecule has 3 heterocycles. The molecule has 2 amide bonds. The molecule has 3 aromatic rings. The van der Waals surface area contributed by atoms with Crippen molar-refractivity contribution in [2.24, 2.45) is 11.8 Å². The highest BCUT2D eigenvalue weighted by atomic mass is 16.5. The lowest BCUT2D eigenvalue weighted by molar-refractivity contribution is -0.128. The molecule has 0 unspecified atom stereocenters. The van der Waals surface area contributed by atoms with Crippen molar-refractivity contribution in [1.82, 2.24) is 14.9 Å². The van der Waals surface area contributed by atoms with E-state index in [-0.39, 0.29) is 24.2 Å². The number of benzene rings is 1. The molecule has 0 saturated carbocycles. The van der Waals surface area contributed by atoms with Gasteiger partial charge in [-0.05, 0) is 30.2 Å². The Bertz CT molecular complexity index is 1030. The lowest BCUT2D eigenvalue weighted by Gasteiger charge is -2.18. The molecule has 150 valence electrons. The lowest BCUT2D eigenvalue weighted by atomic mass is 10.1. The van der Waals surface area contributed by atoms with Crippen molar-refractivity contribution >= 4 is 28.4 Å². The summed E-state index contributed by atoms with van der Waals surface area (Å²) in [6, 6.07) is 11.2. The van der Waals surface area contributed by atoms with Crippen molar-refractivity contribution in [2.75, 3.05) is 18.4 Å². The number of hydrogen-bond acceptors (Lipinski definition) is 4. The highest BCUT2D eigenvalue weighted by molar-refractivity contribution is 5.97. The Balaban J connectivity index is 1.38. The zero-order valence-corrected chi connectivity index (χ0v) is 16.5. The average Bonchev–Trinajstić information content (AvgIpc) is 3.31. The number of anilines is 1. The third kappa shape index (κ3) is 4.23. The number of pyridine rings is 1. The first-order valence-electron chi connectivity index (χ1n) is 9.78. The summed E-state index contributed by atoms with van der Waals surface area (Å²) < 4.78 is 5.88. The van der Waals surface area contributed by atoms with E-state index in [1.54, 1.807) is 23.2 Å². The first-order chi connectivity index (χ1) is 14.0. The molecule has 1 saturated heterocycles. The second kappa shape index (κ2) is 7.95. The van der Waals surface area contributed by atoms with Crippen molar-refractivity contribution in [3.63, 3.8) is 0 Å². The van der Waals surface area contributed by atoms with Gasteiger partial charge in [0.05, 0.1) is 17.8 Å². The molecule has 2 N–H and O–H groups in total. The van der Waals surface area contributed by atoms with E-state index in [1.807, 2.05) is 30.5 Å². The molecule has 2 aromatic heterocycles. The van der Waals surface area contributed by atoms with Crippen LogP contribution in [0.3, 0.4) is 0 Å². The SMILES string of the molecule is CC(C)CN1C[C@@H](C(=O)Nc2ccc(Oc3cccc4[nH]ccc34)nc2)CC1=O. The summed E-state index contributed by atoms with van der Waals surface area (Å²) in [4.78, 5) is 33.8. The number of likely N-dealkylation sites (tertiary alicyclic amines) is 1. The normalized spacial score (nSPS) is 16.6. The van der Waals surface area contributed by atoms with Crippen LogP contribution in [-0.4, -0.2) is 39.8 Å². The van der Waals surface area contributed by atoms with Crippen molar-refractivity contribution in [3.8, 4) is 11.6 Å². The number of aromatic amines is 1. The van der Waals surface area contributed by atoms with E-state index in [0.717, 1.165) is 10.9 Å². The van der Waals surface area contributed by atoms with Gasteiger partial charge < -0.3 is 19.9 Å². The zero-order chi connectivity index (χ0) is 20.4. The van der Waals surface area contributed by atoms with Gasteiger partial charge in [-0.3, -0.25) is 9.59 Å². The van der Waals surface area contributed by atoms with E-state index in [1.165, 1.54) is 0 Å². The van der Waals surface area contributed by atoms with Crippen LogP contribution in [-0.2, 0) is 9.59 Å². The van der Waals surface area contributed by atoms with Gasteiger partial charge in [0, 0.05) is 42.7 Å². The minimum atomic E-state index is -0.330. The molecule has 7 nitrogen and oxygen atoms in total. The van der Waals surface area contributed by atoms with Crippen molar-refractivity contribution in [2.45, 2.75) is 20.3 Å². The second-order valence-electron chi connectivity index (χ2n) is 7.77. The van der Waals surface area contributed by atoms with Crippen LogP contribution >= 0.6 is 0 Å². The maximum Gasteiger partial charge on any atom is 0.229 e. The highest BCUT2D eigenvalue weighted by Crippen LogP contribution is 2.29. The van der Waals surface area contributed by atoms with Crippen molar-refractivity contribution < 1.29 is 14.3 Å². The minimum Gasteiger partial charge on any atom is -0.438 e. The molecule has 4 rings (SSSR count). The third-order valence-electron chi connectivity index (χ3n) is 4.94. The Hall–Kier alpha value is -3.35. The minimum absolute atomic E-state index is 0.0413. The van der Waals surface area contributed by atoms with Crippen LogP contribution in [0.5, 0.6) is 11.6 Å². The van der Waals surface area contributed by atoms with E-state index in [2.05, 4.69) is 29.1 Å². The maximum absolute atomic E-state index is 12.5. The fraction of sp³-hybridized carbons (Fsp3) is 0.318. The molecule has 0 bridgehead atoms. The predicted octanol–water partition coefficient (Wildman–Crippen LogP) is 3.80. The molecule has 0 spiro atoms. The molecule has 7 heteroatoms. The number of nitrogens with zero attached hydrogens (tertiary/aromatic N) is 2. The number of rotatable bonds is 6. The molecular weight excluding hydrogens is 368 g/mol. The summed E-state index contributed by atoms with van der Waals surface area (Å²) >= 11 is 0. The molecule has 0 aliphatic carbocycles. The number of nitrogens with one attached hydrogen (secondary N) is 2. The van der Waals surface area contributed by atoms with Crippen molar-refractivity contribution in [1.29, 1.82) is 0 Å². The van der Waals surface area contributed by atoms with Gasteiger partial charge in [-0.2, -0.15) is 0 Å². The van der Waals surface area contributed by atoms with Gasteiger partial charge in [0.1, 0.15) is 5.75 Å². The number of carbonyl (C=O) groups excluding carboxylic acids is 2. The molecular formula is C22H24N4O3. The van der Waals surface area contributed by atoms with Gasteiger partial charge in [0.15, 0.2) is 0 Å². The largest absolute Gasteiger partial charge is 0.438 e. The van der Waals surface area contributed by atoms with Gasteiger partial charge in [0.25, 0.3) is 0 Å². The molecule has 0 radical (unpaired) electrons. The van der Waals surface area contributed by atoms with E-state index < -0.39 is 0 Å². The molecule has 1 atom stereocenters. The van der Waals surface area contributed by atoms with Gasteiger partial charge in [-0.1, -0.05) is 19.9 Å². The summed E-state index contributed by atoms with van der Waals surface area (Å²) in [5.74, 6) is 1.09. The van der Waals surface area contributed by atoms with Crippen molar-refractivity contribution in [3.05, 3.63) is 48.8 Å². The number of fused-ring (bicyclic) bond motifs is 1. The van der Waals surface area contributed by atoms with Crippen LogP contribution in [0.25, 0.3) is 10.9 Å². The van der Waals surface area contributed by atoms with E-state index in [4.69, 9.17) is 4.74 Å². The van der Waals surface area contributed by atoms with E-state index in [9.17, 15) is 9.59 Å². The zero-order valence-electron chi connectivity index (χ0n) is 16.5. The van der Waals surface area contributed by atoms with Crippen LogP contribution < -0.4 is 10.1 Å². The number of H-pyrrole nitrogens is 1. The highest BCUT2D eigenvalue weighted by Gasteiger charge is 2.34. The topological polar surface area (TPSA) is 87.3 Å². The fourth-order valence-corrected chi connectivity index (χ4v) is 3.58. The smallest absolute Gasteiger partial charge is 0.229 e. The second-order valence-corrected chi connectivity index (χ2v) is 7.77. The predicted molar refractivity (Wildman–Crippen MR) is 111 cm³/mol. The molecule has 1 aliphatic rings. The molecule has 1 aromatic carbocycles. The first-order valence-corrected chi connectivity index (χ1v) is 9.78. The lowest BCUT2D eigenvalue weighted by Crippen LogP contribution is -2.31. The summed E-state index contributed by atoms with van der Waals surface area (Å²) in [7, 11) is 0. The molecule has 1 aliphatic heterocycles. The van der Waals surface area contributed by atoms with Crippen LogP contribution in [0.4, 0.5) is 5.69 Å². The Kier molecular flexibility index (Phi) is 5.20. The van der Waals surface area contributed by atoms with Gasteiger partial charge in [-0.25, -0.2) is 4.98 Å². The maximum atomic E-state index is 12.5. The Labute approximate surface area is 169 Å². The van der Waals surface area contributed by atoms with Crippen LogP contribution in [0.2, 0.25) is 0 Å². The van der Waals surface area contributed by atoms with Crippen LogP contribution in [0, 0.1) is 11.8 Å². The Morgan fingerprint density at radius 1 is 1.31 bits per heavy atom. The van der Waals surface area contributed by atoms with Crippen LogP contribution in [0.15, 0.2) is 48.8 Å². The summed E-state index contributed by atoms with van der Waals surface area (Å²) in [5.41, 5.74) is 1.57. The van der Waals surface area contributed by atoms with Gasteiger partial charge in [0.2, 0.25) is 17.7 Å². The van der Waals surface area contributed by atoms with E-state index in [0.29, 0.717) is 36.3 Å². The Morgan fingerprint density at radius 3 is 2.93 bits per heavy atom. The fourth-order valence-electron chi connectivity index (χ4n) is 3.58. The number of aromatic nitrogens is 2. The van der Waals surface area contributed by atoms with Crippen LogP contribution in [0.1, 0.15) is 20.3 Å². The number of ether oxygens (including phenoxy) is 1. The number of carbonyl (C=O) groups is 2. The summed E-state index contributed by atoms with van der Waals surface area (Å²) in [6.45, 7) is 5.28. The Morgan fingerprint density at radius 2 is 2.17 bits per heavy atom. The summed E-state index contributed by atoms with van der Waals surface area (Å²) in [5, 5.41) is 3.83.